The van der Waals surface area contributed by atoms with Gasteiger partial charge in [0.25, 0.3) is 11.5 Å². The van der Waals surface area contributed by atoms with Crippen molar-refractivity contribution in [2.75, 3.05) is 23.3 Å². The van der Waals surface area contributed by atoms with E-state index in [1.807, 2.05) is 30.3 Å². The first-order chi connectivity index (χ1) is 13.0. The van der Waals surface area contributed by atoms with Crippen molar-refractivity contribution in [3.63, 3.8) is 0 Å². The van der Waals surface area contributed by atoms with E-state index < -0.39 is 5.91 Å². The number of nitrogens with zero attached hydrogens (tertiary/aromatic N) is 2. The monoisotopic (exact) mass is 429 g/mol. The third-order valence-electron chi connectivity index (χ3n) is 4.30. The average Bonchev–Trinajstić information content (AvgIpc) is 2.69. The molecule has 27 heavy (non-hydrogen) atoms. The molecule has 0 spiro atoms. The standard InChI is InChI=1S/C20H20BrN3O3/c1-3-24(4-2)16-10-5-13-11-17(20(23-26)27-18(13)12-16)19(25)22-15-8-6-14(21)7-9-15/h5-12,26H,3-4H2,1-2H3,(H,22,25). The van der Waals surface area contributed by atoms with E-state index in [1.165, 1.54) is 0 Å². The average molecular weight is 430 g/mol. The second kappa shape index (κ2) is 8.26. The third kappa shape index (κ3) is 4.14. The van der Waals surface area contributed by atoms with Crippen LogP contribution in [-0.2, 0) is 0 Å². The minimum atomic E-state index is -0.413. The van der Waals surface area contributed by atoms with Gasteiger partial charge in [-0.3, -0.25) is 4.79 Å². The van der Waals surface area contributed by atoms with Gasteiger partial charge in [-0.2, -0.15) is 0 Å². The molecule has 3 aromatic rings. The van der Waals surface area contributed by atoms with Crippen LogP contribution in [0.4, 0.5) is 11.4 Å². The third-order valence-corrected chi connectivity index (χ3v) is 4.83. The van der Waals surface area contributed by atoms with Gasteiger partial charge >= 0.3 is 0 Å². The Balaban J connectivity index is 1.99. The summed E-state index contributed by atoms with van der Waals surface area (Å²) in [6.07, 6.45) is 0. The highest BCUT2D eigenvalue weighted by Gasteiger charge is 2.14. The lowest BCUT2D eigenvalue weighted by atomic mass is 10.1. The van der Waals surface area contributed by atoms with Gasteiger partial charge in [0, 0.05) is 40.4 Å². The summed E-state index contributed by atoms with van der Waals surface area (Å²) in [4.78, 5) is 14.8. The molecule has 2 aromatic carbocycles. The van der Waals surface area contributed by atoms with Gasteiger partial charge in [0.2, 0.25) is 0 Å². The molecule has 0 atom stereocenters. The molecule has 1 aromatic heterocycles. The molecule has 0 aliphatic rings. The Morgan fingerprint density at radius 3 is 2.48 bits per heavy atom. The fourth-order valence-electron chi connectivity index (χ4n) is 2.86. The molecular formula is C20H20BrN3O3. The minimum absolute atomic E-state index is 0.131. The van der Waals surface area contributed by atoms with Gasteiger partial charge in [-0.1, -0.05) is 15.9 Å². The van der Waals surface area contributed by atoms with Crippen LogP contribution in [0.1, 0.15) is 24.2 Å². The summed E-state index contributed by atoms with van der Waals surface area (Å²) < 4.78 is 6.60. The Bertz CT molecular complexity index is 1020. The first kappa shape index (κ1) is 19.0. The number of carbonyl (C=O) groups is 1. The molecule has 0 aliphatic heterocycles. The van der Waals surface area contributed by atoms with Gasteiger partial charge in [0.15, 0.2) is 0 Å². The number of hydrogen-bond acceptors (Lipinski definition) is 5. The molecule has 1 amide bonds. The number of amides is 1. The van der Waals surface area contributed by atoms with Crippen molar-refractivity contribution in [1.82, 2.24) is 0 Å². The zero-order valence-electron chi connectivity index (χ0n) is 15.1. The summed E-state index contributed by atoms with van der Waals surface area (Å²) in [5.74, 6) is -0.413. The Morgan fingerprint density at radius 1 is 1.15 bits per heavy atom. The van der Waals surface area contributed by atoms with E-state index in [0.29, 0.717) is 11.3 Å². The van der Waals surface area contributed by atoms with Crippen molar-refractivity contribution in [3.8, 4) is 0 Å². The minimum Gasteiger partial charge on any atom is -0.435 e. The van der Waals surface area contributed by atoms with Crippen LogP contribution in [0, 0.1) is 0 Å². The summed E-state index contributed by atoms with van der Waals surface area (Å²) in [6.45, 7) is 5.89. The number of carbonyl (C=O) groups excluding carboxylic acids is 1. The van der Waals surface area contributed by atoms with Crippen molar-refractivity contribution in [2.24, 2.45) is 5.16 Å². The highest BCUT2D eigenvalue weighted by atomic mass is 79.9. The summed E-state index contributed by atoms with van der Waals surface area (Å²) in [5, 5.41) is 16.0. The number of hydrogen-bond donors (Lipinski definition) is 2. The van der Waals surface area contributed by atoms with Crippen LogP contribution >= 0.6 is 15.9 Å². The van der Waals surface area contributed by atoms with Crippen LogP contribution in [0.2, 0.25) is 0 Å². The van der Waals surface area contributed by atoms with E-state index in [0.717, 1.165) is 28.6 Å². The molecular weight excluding hydrogens is 410 g/mol. The zero-order chi connectivity index (χ0) is 19.4. The Labute approximate surface area is 165 Å². The van der Waals surface area contributed by atoms with Gasteiger partial charge in [0.05, 0.1) is 0 Å². The zero-order valence-corrected chi connectivity index (χ0v) is 16.7. The van der Waals surface area contributed by atoms with E-state index >= 15 is 0 Å². The highest BCUT2D eigenvalue weighted by Crippen LogP contribution is 2.22. The molecule has 0 unspecified atom stereocenters. The molecule has 1 heterocycles. The summed E-state index contributed by atoms with van der Waals surface area (Å²) in [6, 6.07) is 14.6. The fraction of sp³-hybridized carbons (Fsp3) is 0.200. The molecule has 140 valence electrons. The molecule has 3 rings (SSSR count). The second-order valence-corrected chi connectivity index (χ2v) is 6.84. The number of nitrogens with one attached hydrogen (secondary N) is 1. The first-order valence-electron chi connectivity index (χ1n) is 8.63. The predicted molar refractivity (Wildman–Crippen MR) is 109 cm³/mol. The molecule has 0 saturated carbocycles. The number of halogens is 1. The van der Waals surface area contributed by atoms with E-state index in [4.69, 9.17) is 4.42 Å². The van der Waals surface area contributed by atoms with Crippen molar-refractivity contribution >= 4 is 44.2 Å². The van der Waals surface area contributed by atoms with Crippen molar-refractivity contribution in [2.45, 2.75) is 13.8 Å². The summed E-state index contributed by atoms with van der Waals surface area (Å²) in [7, 11) is 0. The maximum atomic E-state index is 12.6. The van der Waals surface area contributed by atoms with Gasteiger partial charge in [-0.05, 0) is 61.5 Å². The number of anilines is 2. The van der Waals surface area contributed by atoms with Crippen LogP contribution in [0.15, 0.2) is 62.6 Å². The largest absolute Gasteiger partial charge is 0.435 e. The van der Waals surface area contributed by atoms with E-state index in [9.17, 15) is 10.0 Å². The maximum absolute atomic E-state index is 12.6. The molecule has 2 N–H and O–H groups in total. The topological polar surface area (TPSA) is 78.1 Å². The normalized spacial score (nSPS) is 11.6. The fourth-order valence-corrected chi connectivity index (χ4v) is 3.13. The maximum Gasteiger partial charge on any atom is 0.268 e. The Morgan fingerprint density at radius 2 is 1.85 bits per heavy atom. The van der Waals surface area contributed by atoms with Crippen LogP contribution < -0.4 is 15.8 Å². The van der Waals surface area contributed by atoms with E-state index in [2.05, 4.69) is 45.1 Å². The van der Waals surface area contributed by atoms with Crippen molar-refractivity contribution in [1.29, 1.82) is 0 Å². The lowest BCUT2D eigenvalue weighted by Crippen LogP contribution is -2.22. The van der Waals surface area contributed by atoms with Crippen molar-refractivity contribution < 1.29 is 14.4 Å². The van der Waals surface area contributed by atoms with Gasteiger partial charge in [-0.15, -0.1) is 0 Å². The SMILES string of the molecule is CCN(CC)c1ccc2cc(C(=O)Nc3ccc(Br)cc3)c(=NO)oc2c1. The van der Waals surface area contributed by atoms with Gasteiger partial charge in [-0.25, -0.2) is 0 Å². The molecule has 7 heteroatoms. The Kier molecular flexibility index (Phi) is 5.81. The lowest BCUT2D eigenvalue weighted by molar-refractivity contribution is 0.102. The quantitative estimate of drug-likeness (QED) is 0.459. The summed E-state index contributed by atoms with van der Waals surface area (Å²) in [5.41, 5.74) is 2.21. The van der Waals surface area contributed by atoms with Gasteiger partial charge in [0.1, 0.15) is 11.1 Å². The number of benzene rings is 2. The molecule has 0 aliphatic carbocycles. The van der Waals surface area contributed by atoms with Crippen LogP contribution in [0.3, 0.4) is 0 Å². The van der Waals surface area contributed by atoms with E-state index in [-0.39, 0.29) is 11.1 Å². The van der Waals surface area contributed by atoms with Crippen LogP contribution in [0.5, 0.6) is 0 Å². The van der Waals surface area contributed by atoms with Crippen LogP contribution in [-0.4, -0.2) is 24.2 Å². The molecule has 6 nitrogen and oxygen atoms in total. The van der Waals surface area contributed by atoms with Gasteiger partial charge < -0.3 is 19.8 Å². The Hall–Kier alpha value is -2.80. The predicted octanol–water partition coefficient (Wildman–Crippen LogP) is 4.58. The molecule has 0 bridgehead atoms. The highest BCUT2D eigenvalue weighted by molar-refractivity contribution is 9.10. The number of rotatable bonds is 5. The molecule has 0 fully saturated rings. The van der Waals surface area contributed by atoms with E-state index in [1.54, 1.807) is 18.2 Å². The molecule has 0 saturated heterocycles. The second-order valence-electron chi connectivity index (χ2n) is 5.92. The van der Waals surface area contributed by atoms with Crippen LogP contribution in [0.25, 0.3) is 11.0 Å². The number of fused-ring (bicyclic) bond motifs is 1. The van der Waals surface area contributed by atoms with Crippen molar-refractivity contribution in [3.05, 3.63) is 64.1 Å². The molecule has 0 radical (unpaired) electrons. The smallest absolute Gasteiger partial charge is 0.268 e. The summed E-state index contributed by atoms with van der Waals surface area (Å²) >= 11 is 3.35. The first-order valence-corrected chi connectivity index (χ1v) is 9.42. The lowest BCUT2D eigenvalue weighted by Gasteiger charge is -2.21.